The molecule has 0 saturated heterocycles. The molecule has 0 unspecified atom stereocenters. The molecule has 30 heavy (non-hydrogen) atoms. The van der Waals surface area contributed by atoms with Crippen LogP contribution in [0.5, 0.6) is 5.75 Å². The molecule has 0 aliphatic rings. The number of carbonyl (C=O) groups is 1. The molecule has 0 saturated carbocycles. The van der Waals surface area contributed by atoms with Gasteiger partial charge in [-0.3, -0.25) is 4.79 Å². The van der Waals surface area contributed by atoms with Crippen LogP contribution in [0.4, 0.5) is 5.95 Å². The van der Waals surface area contributed by atoms with Gasteiger partial charge in [0.15, 0.2) is 12.4 Å². The maximum absolute atomic E-state index is 12.8. The topological polar surface area (TPSA) is 82.2 Å². The number of ether oxygens (including phenoxy) is 1. The molecule has 0 spiro atoms. The summed E-state index contributed by atoms with van der Waals surface area (Å²) in [5.41, 5.74) is 0.971. The van der Waals surface area contributed by atoms with Crippen molar-refractivity contribution in [1.29, 1.82) is 0 Å². The van der Waals surface area contributed by atoms with Crippen molar-refractivity contribution in [3.63, 3.8) is 0 Å². The number of nitrogens with zero attached hydrogens (tertiary/aromatic N) is 3. The minimum Gasteiger partial charge on any atom is -0.484 e. The van der Waals surface area contributed by atoms with Crippen LogP contribution in [0.3, 0.4) is 0 Å². The fraction of sp³-hybridized carbons (Fsp3) is 0.0952. The molecule has 1 N–H and O–H groups in total. The number of hydrogen-bond donors (Lipinski definition) is 1. The van der Waals surface area contributed by atoms with Gasteiger partial charge < -0.3 is 14.5 Å². The number of halogens is 2. The summed E-state index contributed by atoms with van der Waals surface area (Å²) in [5, 5.41) is 8.65. The minimum atomic E-state index is -0.395. The van der Waals surface area contributed by atoms with Gasteiger partial charge in [0.05, 0.1) is 6.26 Å². The number of furan rings is 1. The van der Waals surface area contributed by atoms with Crippen molar-refractivity contribution in [3.8, 4) is 17.3 Å². The van der Waals surface area contributed by atoms with Crippen molar-refractivity contribution in [2.24, 2.45) is 0 Å². The normalized spacial score (nSPS) is 10.7. The van der Waals surface area contributed by atoms with Crippen LogP contribution in [0.1, 0.15) is 10.4 Å². The average Bonchev–Trinajstić information content (AvgIpc) is 3.43. The summed E-state index contributed by atoms with van der Waals surface area (Å²) in [6.45, 7) is 0.205. The predicted molar refractivity (Wildman–Crippen MR) is 114 cm³/mol. The van der Waals surface area contributed by atoms with Crippen molar-refractivity contribution < 1.29 is 13.9 Å². The molecule has 0 atom stereocenters. The van der Waals surface area contributed by atoms with Gasteiger partial charge in [-0.15, -0.1) is 5.10 Å². The molecule has 0 radical (unpaired) electrons. The average molecular weight is 443 g/mol. The van der Waals surface area contributed by atoms with Gasteiger partial charge in [0.25, 0.3) is 5.91 Å². The van der Waals surface area contributed by atoms with Crippen molar-refractivity contribution in [2.75, 3.05) is 11.9 Å². The fourth-order valence-electron chi connectivity index (χ4n) is 2.63. The molecule has 2 heterocycles. The van der Waals surface area contributed by atoms with E-state index >= 15 is 0 Å². The Morgan fingerprint density at radius 1 is 1.03 bits per heavy atom. The second-order valence-electron chi connectivity index (χ2n) is 6.26. The Morgan fingerprint density at radius 2 is 1.73 bits per heavy atom. The van der Waals surface area contributed by atoms with Gasteiger partial charge in [0.1, 0.15) is 5.75 Å². The lowest BCUT2D eigenvalue weighted by Gasteiger charge is -2.09. The first-order valence-corrected chi connectivity index (χ1v) is 9.75. The van der Waals surface area contributed by atoms with E-state index in [1.807, 2.05) is 12.1 Å². The first-order chi connectivity index (χ1) is 14.6. The van der Waals surface area contributed by atoms with Gasteiger partial charge in [0.2, 0.25) is 11.8 Å². The first-order valence-electron chi connectivity index (χ1n) is 8.99. The van der Waals surface area contributed by atoms with E-state index in [1.54, 1.807) is 48.5 Å². The van der Waals surface area contributed by atoms with Crippen LogP contribution in [-0.2, 0) is 6.54 Å². The highest BCUT2D eigenvalue weighted by molar-refractivity contribution is 6.30. The van der Waals surface area contributed by atoms with E-state index in [4.69, 9.17) is 32.4 Å². The Labute approximate surface area is 182 Å². The number of carbonyl (C=O) groups excluding carboxylic acids is 1. The van der Waals surface area contributed by atoms with Crippen LogP contribution in [-0.4, -0.2) is 27.3 Å². The summed E-state index contributed by atoms with van der Waals surface area (Å²) in [6.07, 6.45) is 1.52. The summed E-state index contributed by atoms with van der Waals surface area (Å²) in [6, 6.07) is 17.5. The maximum Gasteiger partial charge on any atom is 0.287 e. The lowest BCUT2D eigenvalue weighted by Crippen LogP contribution is -2.22. The molecule has 7 nitrogen and oxygen atoms in total. The van der Waals surface area contributed by atoms with Crippen LogP contribution >= 0.6 is 23.2 Å². The maximum atomic E-state index is 12.8. The summed E-state index contributed by atoms with van der Waals surface area (Å²) in [7, 11) is 0. The number of rotatable bonds is 7. The lowest BCUT2D eigenvalue weighted by atomic mass is 10.2. The van der Waals surface area contributed by atoms with E-state index in [9.17, 15) is 4.79 Å². The van der Waals surface area contributed by atoms with Gasteiger partial charge in [-0.05, 0) is 54.1 Å². The number of aromatic nitrogens is 3. The van der Waals surface area contributed by atoms with Crippen molar-refractivity contribution >= 4 is 35.1 Å². The lowest BCUT2D eigenvalue weighted by molar-refractivity contribution is 0.0824. The Hall–Kier alpha value is -3.29. The number of hydrogen-bond acceptors (Lipinski definition) is 6. The van der Waals surface area contributed by atoms with Crippen LogP contribution in [0.25, 0.3) is 11.6 Å². The molecule has 0 fully saturated rings. The van der Waals surface area contributed by atoms with E-state index in [0.717, 1.165) is 5.56 Å². The molecule has 2 aromatic heterocycles. The highest BCUT2D eigenvalue weighted by Gasteiger charge is 2.19. The van der Waals surface area contributed by atoms with Crippen LogP contribution in [0.15, 0.2) is 71.3 Å². The summed E-state index contributed by atoms with van der Waals surface area (Å²) >= 11 is 11.8. The number of anilines is 1. The third-order valence-corrected chi connectivity index (χ3v) is 4.63. The monoisotopic (exact) mass is 442 g/mol. The molecule has 2 aromatic carbocycles. The Balaban J connectivity index is 1.52. The van der Waals surface area contributed by atoms with E-state index in [0.29, 0.717) is 33.9 Å². The second-order valence-corrected chi connectivity index (χ2v) is 7.14. The zero-order chi connectivity index (χ0) is 20.9. The Kier molecular flexibility index (Phi) is 6.02. The Bertz CT molecular complexity index is 1120. The summed E-state index contributed by atoms with van der Waals surface area (Å²) in [4.78, 5) is 17.2. The van der Waals surface area contributed by atoms with Gasteiger partial charge in [0, 0.05) is 16.6 Å². The smallest absolute Gasteiger partial charge is 0.287 e. The number of benzene rings is 2. The van der Waals surface area contributed by atoms with Gasteiger partial charge >= 0.3 is 0 Å². The third-order valence-electron chi connectivity index (χ3n) is 4.12. The molecule has 0 aliphatic carbocycles. The molecule has 0 amide bonds. The molecular formula is C21H16Cl2N4O3. The van der Waals surface area contributed by atoms with E-state index in [-0.39, 0.29) is 12.6 Å². The summed E-state index contributed by atoms with van der Waals surface area (Å²) < 4.78 is 12.1. The van der Waals surface area contributed by atoms with Gasteiger partial charge in [-0.1, -0.05) is 35.3 Å². The van der Waals surface area contributed by atoms with E-state index < -0.39 is 5.91 Å². The molecule has 0 aliphatic heterocycles. The van der Waals surface area contributed by atoms with Crippen LogP contribution in [0.2, 0.25) is 10.0 Å². The quantitative estimate of drug-likeness (QED) is 0.424. The standard InChI is InChI=1S/C21H16Cl2N4O3/c22-15-5-3-14(4-6-15)12-24-21-25-20(18-2-1-11-29-18)26-27(21)19(28)13-30-17-9-7-16(23)8-10-17/h1-11H,12-13H2,(H,24,25,26). The van der Waals surface area contributed by atoms with Crippen molar-refractivity contribution in [1.82, 2.24) is 14.8 Å². The van der Waals surface area contributed by atoms with E-state index in [1.165, 1.54) is 10.9 Å². The second kappa shape index (κ2) is 9.02. The first kappa shape index (κ1) is 20.0. The van der Waals surface area contributed by atoms with Gasteiger partial charge in [-0.2, -0.15) is 9.67 Å². The minimum absolute atomic E-state index is 0.224. The van der Waals surface area contributed by atoms with Crippen LogP contribution in [0, 0.1) is 0 Å². The molecule has 9 heteroatoms. The summed E-state index contributed by atoms with van der Waals surface area (Å²) in [5.74, 6) is 1.15. The zero-order valence-corrected chi connectivity index (χ0v) is 17.1. The molecule has 4 rings (SSSR count). The molecule has 4 aromatic rings. The van der Waals surface area contributed by atoms with Crippen molar-refractivity contribution in [3.05, 3.63) is 82.5 Å². The predicted octanol–water partition coefficient (Wildman–Crippen LogP) is 5.18. The largest absolute Gasteiger partial charge is 0.484 e. The van der Waals surface area contributed by atoms with Crippen LogP contribution < -0.4 is 10.1 Å². The van der Waals surface area contributed by atoms with Crippen molar-refractivity contribution in [2.45, 2.75) is 6.54 Å². The fourth-order valence-corrected chi connectivity index (χ4v) is 2.88. The number of nitrogens with one attached hydrogen (secondary N) is 1. The van der Waals surface area contributed by atoms with Gasteiger partial charge in [-0.25, -0.2) is 0 Å². The highest BCUT2D eigenvalue weighted by Crippen LogP contribution is 2.20. The zero-order valence-electron chi connectivity index (χ0n) is 15.6. The molecule has 0 bridgehead atoms. The molecule has 152 valence electrons. The Morgan fingerprint density at radius 3 is 2.40 bits per heavy atom. The SMILES string of the molecule is O=C(COc1ccc(Cl)cc1)n1nc(-c2ccco2)nc1NCc1ccc(Cl)cc1. The van der Waals surface area contributed by atoms with E-state index in [2.05, 4.69) is 15.4 Å². The highest BCUT2D eigenvalue weighted by atomic mass is 35.5. The third kappa shape index (κ3) is 4.82. The molecular weight excluding hydrogens is 427 g/mol.